The van der Waals surface area contributed by atoms with E-state index in [0.717, 1.165) is 12.4 Å². The molecular weight excluding hydrogens is 212 g/mol. The highest BCUT2D eigenvalue weighted by molar-refractivity contribution is 5.20. The molecular formula is C15H20O2. The Labute approximate surface area is 103 Å². The zero-order valence-corrected chi connectivity index (χ0v) is 10.7. The van der Waals surface area contributed by atoms with Gasteiger partial charge in [0.05, 0.1) is 12.9 Å². The average molecular weight is 232 g/mol. The lowest BCUT2D eigenvalue weighted by Crippen LogP contribution is -2.42. The predicted octanol–water partition coefficient (Wildman–Crippen LogP) is 3.82. The highest BCUT2D eigenvalue weighted by Gasteiger charge is 2.44. The molecule has 0 radical (unpaired) electrons. The monoisotopic (exact) mass is 232 g/mol. The van der Waals surface area contributed by atoms with Crippen LogP contribution >= 0.6 is 0 Å². The summed E-state index contributed by atoms with van der Waals surface area (Å²) >= 11 is 0. The Balaban J connectivity index is 1.97. The van der Waals surface area contributed by atoms with Gasteiger partial charge in [0.2, 0.25) is 0 Å². The fourth-order valence-corrected chi connectivity index (χ4v) is 3.66. The van der Waals surface area contributed by atoms with Crippen LogP contribution in [0.4, 0.5) is 0 Å². The van der Waals surface area contributed by atoms with Crippen molar-refractivity contribution >= 4 is 0 Å². The second-order valence-electron chi connectivity index (χ2n) is 5.59. The van der Waals surface area contributed by atoms with Crippen LogP contribution in [0.15, 0.2) is 34.5 Å². The first kappa shape index (κ1) is 11.1. The minimum Gasteiger partial charge on any atom is -0.467 e. The van der Waals surface area contributed by atoms with Gasteiger partial charge in [0.25, 0.3) is 0 Å². The predicted molar refractivity (Wildman–Crippen MR) is 66.5 cm³/mol. The summed E-state index contributed by atoms with van der Waals surface area (Å²) < 4.78 is 11.6. The van der Waals surface area contributed by atoms with Gasteiger partial charge < -0.3 is 9.15 Å². The molecule has 2 bridgehead atoms. The summed E-state index contributed by atoms with van der Waals surface area (Å²) in [7, 11) is 0. The lowest BCUT2D eigenvalue weighted by atomic mass is 9.65. The van der Waals surface area contributed by atoms with Crippen molar-refractivity contribution in [1.29, 1.82) is 0 Å². The summed E-state index contributed by atoms with van der Waals surface area (Å²) in [6.45, 7) is 7.75. The summed E-state index contributed by atoms with van der Waals surface area (Å²) in [6.07, 6.45) is 4.27. The van der Waals surface area contributed by atoms with E-state index < -0.39 is 0 Å². The molecule has 0 amide bonds. The van der Waals surface area contributed by atoms with E-state index in [1.165, 1.54) is 5.57 Å². The number of hydrogen-bond donors (Lipinski definition) is 0. The van der Waals surface area contributed by atoms with Crippen molar-refractivity contribution in [2.75, 3.05) is 6.61 Å². The molecule has 0 N–H and O–H groups in total. The molecule has 1 aromatic heterocycles. The summed E-state index contributed by atoms with van der Waals surface area (Å²) in [5.74, 6) is 3.44. The van der Waals surface area contributed by atoms with Gasteiger partial charge in [-0.05, 0) is 36.8 Å². The van der Waals surface area contributed by atoms with Gasteiger partial charge in [0.1, 0.15) is 11.9 Å². The molecule has 0 aromatic carbocycles. The van der Waals surface area contributed by atoms with Gasteiger partial charge in [-0.3, -0.25) is 0 Å². The van der Waals surface area contributed by atoms with Crippen molar-refractivity contribution in [1.82, 2.24) is 0 Å². The van der Waals surface area contributed by atoms with Crippen LogP contribution in [0, 0.1) is 23.7 Å². The molecule has 92 valence electrons. The molecule has 3 rings (SSSR count). The van der Waals surface area contributed by atoms with Crippen LogP contribution in [0.3, 0.4) is 0 Å². The molecule has 5 atom stereocenters. The number of allylic oxidation sites excluding steroid dienone is 1. The van der Waals surface area contributed by atoms with Gasteiger partial charge in [0.15, 0.2) is 0 Å². The molecule has 1 fully saturated rings. The second-order valence-corrected chi connectivity index (χ2v) is 5.59. The fourth-order valence-electron chi connectivity index (χ4n) is 3.66. The van der Waals surface area contributed by atoms with Crippen molar-refractivity contribution in [2.45, 2.75) is 26.9 Å². The van der Waals surface area contributed by atoms with E-state index in [9.17, 15) is 0 Å². The zero-order valence-electron chi connectivity index (χ0n) is 10.7. The van der Waals surface area contributed by atoms with Crippen LogP contribution in [0.1, 0.15) is 32.6 Å². The molecule has 2 aliphatic rings. The van der Waals surface area contributed by atoms with Gasteiger partial charge >= 0.3 is 0 Å². The van der Waals surface area contributed by atoms with E-state index in [0.29, 0.717) is 23.7 Å². The van der Waals surface area contributed by atoms with Crippen molar-refractivity contribution in [3.05, 3.63) is 35.8 Å². The third-order valence-electron chi connectivity index (χ3n) is 4.59. The van der Waals surface area contributed by atoms with Gasteiger partial charge in [-0.1, -0.05) is 25.5 Å². The van der Waals surface area contributed by atoms with Gasteiger partial charge in [-0.15, -0.1) is 0 Å². The number of furan rings is 1. The Morgan fingerprint density at radius 1 is 1.29 bits per heavy atom. The maximum Gasteiger partial charge on any atom is 0.133 e. The van der Waals surface area contributed by atoms with Crippen LogP contribution in [0.25, 0.3) is 0 Å². The summed E-state index contributed by atoms with van der Waals surface area (Å²) in [5.41, 5.74) is 1.46. The first-order valence-electron chi connectivity index (χ1n) is 6.52. The summed E-state index contributed by atoms with van der Waals surface area (Å²) in [6, 6.07) is 3.98. The number of hydrogen-bond acceptors (Lipinski definition) is 2. The molecule has 1 aliphatic carbocycles. The number of ether oxygens (including phenoxy) is 1. The minimum absolute atomic E-state index is 0.111. The molecule has 1 aliphatic heterocycles. The summed E-state index contributed by atoms with van der Waals surface area (Å²) in [5, 5.41) is 0. The quantitative estimate of drug-likeness (QED) is 0.687. The standard InChI is InChI=1S/C15H20O2/c1-9-7-10(2)14-11(3)12(9)8-17-15(14)13-5-4-6-16-13/h4-7,9,11-12,14-15H,8H2,1-3H3/t9-,11-,12+,14+,15-/m0/s1. The molecule has 0 spiro atoms. The van der Waals surface area contributed by atoms with Crippen LogP contribution in [-0.4, -0.2) is 6.61 Å². The van der Waals surface area contributed by atoms with Crippen LogP contribution in [-0.2, 0) is 4.74 Å². The Morgan fingerprint density at radius 2 is 2.12 bits per heavy atom. The number of fused-ring (bicyclic) bond motifs is 2. The van der Waals surface area contributed by atoms with Crippen molar-refractivity contribution in [3.8, 4) is 0 Å². The SMILES string of the molecule is CC1=C[C@H](C)[C@H]2CO[C@@H](c3ccco3)[C@H]1[C@H]2C. The summed E-state index contributed by atoms with van der Waals surface area (Å²) in [4.78, 5) is 0. The van der Waals surface area contributed by atoms with E-state index in [1.54, 1.807) is 6.26 Å². The highest BCUT2D eigenvalue weighted by atomic mass is 16.5. The van der Waals surface area contributed by atoms with Crippen LogP contribution < -0.4 is 0 Å². The molecule has 1 saturated heterocycles. The van der Waals surface area contributed by atoms with Crippen molar-refractivity contribution in [2.24, 2.45) is 23.7 Å². The molecule has 0 saturated carbocycles. The first-order valence-corrected chi connectivity index (χ1v) is 6.52. The van der Waals surface area contributed by atoms with Crippen LogP contribution in [0.5, 0.6) is 0 Å². The fraction of sp³-hybridized carbons (Fsp3) is 0.600. The Kier molecular flexibility index (Phi) is 2.62. The Morgan fingerprint density at radius 3 is 2.82 bits per heavy atom. The second kappa shape index (κ2) is 4.02. The molecule has 17 heavy (non-hydrogen) atoms. The third kappa shape index (κ3) is 1.66. The van der Waals surface area contributed by atoms with E-state index in [4.69, 9.17) is 9.15 Å². The average Bonchev–Trinajstić information content (AvgIpc) is 2.78. The molecule has 2 heterocycles. The number of rotatable bonds is 1. The first-order chi connectivity index (χ1) is 8.18. The minimum atomic E-state index is 0.111. The smallest absolute Gasteiger partial charge is 0.133 e. The van der Waals surface area contributed by atoms with Gasteiger partial charge in [0, 0.05) is 5.92 Å². The normalized spacial score (nSPS) is 41.1. The largest absolute Gasteiger partial charge is 0.467 e. The third-order valence-corrected chi connectivity index (χ3v) is 4.59. The van der Waals surface area contributed by atoms with E-state index >= 15 is 0 Å². The lowest BCUT2D eigenvalue weighted by Gasteiger charge is -2.46. The molecule has 1 aromatic rings. The topological polar surface area (TPSA) is 22.4 Å². The molecule has 2 nitrogen and oxygen atoms in total. The maximum absolute atomic E-state index is 6.07. The Hall–Kier alpha value is -1.02. The van der Waals surface area contributed by atoms with Crippen LogP contribution in [0.2, 0.25) is 0 Å². The maximum atomic E-state index is 6.07. The lowest BCUT2D eigenvalue weighted by molar-refractivity contribution is -0.101. The Bertz CT molecular complexity index is 418. The highest BCUT2D eigenvalue weighted by Crippen LogP contribution is 2.49. The molecule has 2 heteroatoms. The zero-order chi connectivity index (χ0) is 12.0. The van der Waals surface area contributed by atoms with Crippen molar-refractivity contribution in [3.63, 3.8) is 0 Å². The van der Waals surface area contributed by atoms with E-state index in [2.05, 4.69) is 26.8 Å². The van der Waals surface area contributed by atoms with Gasteiger partial charge in [-0.25, -0.2) is 0 Å². The van der Waals surface area contributed by atoms with E-state index in [1.807, 2.05) is 12.1 Å². The van der Waals surface area contributed by atoms with Crippen molar-refractivity contribution < 1.29 is 9.15 Å². The molecule has 0 unspecified atom stereocenters. The van der Waals surface area contributed by atoms with E-state index in [-0.39, 0.29) is 6.10 Å². The van der Waals surface area contributed by atoms with Gasteiger partial charge in [-0.2, -0.15) is 0 Å².